The van der Waals surface area contributed by atoms with E-state index in [4.69, 9.17) is 41.8 Å². The zero-order valence-corrected chi connectivity index (χ0v) is 32.5. The van der Waals surface area contributed by atoms with E-state index in [-0.39, 0.29) is 30.2 Å². The van der Waals surface area contributed by atoms with Gasteiger partial charge < -0.3 is 23.8 Å². The molecule has 0 radical (unpaired) electrons. The molecule has 3 aromatic rings. The molecule has 19 heteroatoms. The summed E-state index contributed by atoms with van der Waals surface area (Å²) in [6.45, 7) is 3.79. The summed E-state index contributed by atoms with van der Waals surface area (Å²) in [5.74, 6) is -0.713. The molecule has 2 aliphatic rings. The van der Waals surface area contributed by atoms with Gasteiger partial charge in [0.2, 0.25) is 0 Å². The predicted octanol–water partition coefficient (Wildman–Crippen LogP) is 5.64. The lowest BCUT2D eigenvalue weighted by Gasteiger charge is -2.36. The summed E-state index contributed by atoms with van der Waals surface area (Å²) in [7, 11) is -11.7. The van der Waals surface area contributed by atoms with Gasteiger partial charge in [0.25, 0.3) is 0 Å². The monoisotopic (exact) mass is 815 g/mol. The van der Waals surface area contributed by atoms with Crippen LogP contribution < -0.4 is 9.05 Å². The van der Waals surface area contributed by atoms with Crippen molar-refractivity contribution in [2.24, 2.45) is 0 Å². The van der Waals surface area contributed by atoms with Crippen LogP contribution in [0.1, 0.15) is 75.0 Å². The number of piperidine rings is 1. The van der Waals surface area contributed by atoms with E-state index in [1.54, 1.807) is 24.3 Å². The number of allylic oxidation sites excluding steroid dienone is 2. The van der Waals surface area contributed by atoms with Crippen molar-refractivity contribution in [3.8, 4) is 11.5 Å². The SMILES string of the molecule is CC/C(=C(/CC)c1ccc(OP(=O)(O)O)cc1)c1ccc(OP(=O)(O)O)cc1.CN1[C@@H]2CC[C@H]1C[C@@H](OC(=O)[C@H](CO)c1ccccc1)C2.O=S(=O)(O)O. The fourth-order valence-corrected chi connectivity index (χ4v) is 7.39. The molecule has 2 bridgehead atoms. The van der Waals surface area contributed by atoms with Crippen molar-refractivity contribution < 1.29 is 69.9 Å². The second kappa shape index (κ2) is 19.9. The molecular formula is C35H47NO15P2S. The summed E-state index contributed by atoms with van der Waals surface area (Å²) >= 11 is 0. The molecule has 54 heavy (non-hydrogen) atoms. The Morgan fingerprint density at radius 2 is 1.15 bits per heavy atom. The quantitative estimate of drug-likeness (QED) is 0.0505. The molecule has 0 unspecified atom stereocenters. The Morgan fingerprint density at radius 3 is 1.48 bits per heavy atom. The summed E-state index contributed by atoms with van der Waals surface area (Å²) in [6.07, 6.45) is 5.68. The topological polar surface area (TPSA) is 258 Å². The number of nitrogens with zero attached hydrogens (tertiary/aromatic N) is 1. The van der Waals surface area contributed by atoms with Crippen LogP contribution in [0.4, 0.5) is 0 Å². The summed E-state index contributed by atoms with van der Waals surface area (Å²) in [4.78, 5) is 50.3. The number of phosphoric ester groups is 2. The Bertz CT molecular complexity index is 1800. The molecule has 2 heterocycles. The van der Waals surface area contributed by atoms with Crippen molar-refractivity contribution in [1.29, 1.82) is 0 Å². The van der Waals surface area contributed by atoms with Gasteiger partial charge in [0.1, 0.15) is 23.5 Å². The molecule has 7 N–H and O–H groups in total. The van der Waals surface area contributed by atoms with E-state index in [1.807, 2.05) is 44.2 Å². The third-order valence-corrected chi connectivity index (χ3v) is 9.83. The van der Waals surface area contributed by atoms with Crippen LogP contribution >= 0.6 is 15.6 Å². The molecule has 298 valence electrons. The van der Waals surface area contributed by atoms with E-state index >= 15 is 0 Å². The highest BCUT2D eigenvalue weighted by atomic mass is 32.3. The first kappa shape index (κ1) is 45.0. The van der Waals surface area contributed by atoms with E-state index in [9.17, 15) is 19.0 Å². The number of carbonyl (C=O) groups excluding carboxylic acids is 1. The van der Waals surface area contributed by atoms with Crippen molar-refractivity contribution in [3.63, 3.8) is 0 Å². The Morgan fingerprint density at radius 1 is 0.759 bits per heavy atom. The van der Waals surface area contributed by atoms with Crippen LogP contribution in [0.2, 0.25) is 0 Å². The van der Waals surface area contributed by atoms with Crippen molar-refractivity contribution >= 4 is 43.2 Å². The normalized spacial score (nSPS) is 19.6. The van der Waals surface area contributed by atoms with Crippen LogP contribution in [0.25, 0.3) is 11.1 Å². The molecule has 0 aliphatic carbocycles. The molecule has 2 saturated heterocycles. The van der Waals surface area contributed by atoms with Crippen LogP contribution in [0.3, 0.4) is 0 Å². The second-order valence-corrected chi connectivity index (χ2v) is 15.8. The molecular weight excluding hydrogens is 768 g/mol. The Balaban J connectivity index is 0.000000265. The van der Waals surface area contributed by atoms with Crippen LogP contribution in [-0.4, -0.2) is 84.9 Å². The number of phosphoric acid groups is 2. The predicted molar refractivity (Wildman–Crippen MR) is 200 cm³/mol. The number of hydrogen-bond acceptors (Lipinski definition) is 10. The molecule has 3 aromatic carbocycles. The van der Waals surface area contributed by atoms with Crippen molar-refractivity contribution in [3.05, 3.63) is 95.6 Å². The number of aliphatic hydroxyl groups excluding tert-OH is 1. The van der Waals surface area contributed by atoms with Crippen LogP contribution in [0.5, 0.6) is 11.5 Å². The summed E-state index contributed by atoms with van der Waals surface area (Å²) < 4.78 is 68.3. The van der Waals surface area contributed by atoms with Gasteiger partial charge in [-0.1, -0.05) is 68.4 Å². The molecule has 0 amide bonds. The maximum Gasteiger partial charge on any atom is 0.524 e. The smallest absolute Gasteiger partial charge is 0.462 e. The zero-order valence-electron chi connectivity index (χ0n) is 29.9. The van der Waals surface area contributed by atoms with Crippen molar-refractivity contribution in [2.45, 2.75) is 76.5 Å². The summed E-state index contributed by atoms with van der Waals surface area (Å²) in [5, 5.41) is 9.53. The highest BCUT2D eigenvalue weighted by Crippen LogP contribution is 2.40. The van der Waals surface area contributed by atoms with E-state index < -0.39 is 32.0 Å². The third kappa shape index (κ3) is 15.0. The van der Waals surface area contributed by atoms with Gasteiger partial charge in [-0.3, -0.25) is 33.5 Å². The first-order chi connectivity index (χ1) is 25.2. The average Bonchev–Trinajstić information content (AvgIpc) is 3.26. The lowest BCUT2D eigenvalue weighted by Crippen LogP contribution is -2.43. The third-order valence-electron chi connectivity index (χ3n) is 8.93. The van der Waals surface area contributed by atoms with E-state index in [2.05, 4.69) is 21.0 Å². The minimum atomic E-state index is -4.67. The van der Waals surface area contributed by atoms with E-state index in [1.165, 1.54) is 37.1 Å². The highest BCUT2D eigenvalue weighted by Gasteiger charge is 2.40. The van der Waals surface area contributed by atoms with E-state index in [0.717, 1.165) is 40.7 Å². The first-order valence-corrected chi connectivity index (χ1v) is 21.4. The standard InChI is InChI=1S/C18H22O8P2.C17H23NO3.H2O4S/c1-3-17(13-5-9-15(10-6-13)25-27(19,20)21)18(4-2)14-7-11-16(12-8-14)26-28(22,23)24;1-18-13-7-8-14(18)10-15(9-13)21-17(20)16(11-19)12-5-3-2-4-6-12;1-5(2,3)4/h5-12H,3-4H2,1-2H3,(H2,19,20,21)(H2,22,23,24);2-6,13-16,19H,7-11H2,1H3;(H2,1,2,3,4)/b18-17+;;/t;13-,14+,15+,16-;/m.1./s1. The molecule has 0 aromatic heterocycles. The number of aliphatic hydroxyl groups is 1. The van der Waals surface area contributed by atoms with Gasteiger partial charge in [-0.25, -0.2) is 9.13 Å². The fourth-order valence-electron chi connectivity index (χ4n) is 6.60. The number of carbonyl (C=O) groups is 1. The van der Waals surface area contributed by atoms with Gasteiger partial charge in [-0.15, -0.1) is 0 Å². The molecule has 4 atom stereocenters. The molecule has 16 nitrogen and oxygen atoms in total. The lowest BCUT2D eigenvalue weighted by atomic mass is 9.91. The molecule has 2 fully saturated rings. The minimum Gasteiger partial charge on any atom is -0.462 e. The van der Waals surface area contributed by atoms with Crippen LogP contribution in [-0.2, 0) is 29.1 Å². The maximum absolute atomic E-state index is 12.4. The van der Waals surface area contributed by atoms with Gasteiger partial charge in [0.15, 0.2) is 0 Å². The Kier molecular flexibility index (Phi) is 16.6. The van der Waals surface area contributed by atoms with Crippen molar-refractivity contribution in [1.82, 2.24) is 4.90 Å². The molecule has 2 aliphatic heterocycles. The van der Waals surface area contributed by atoms with Gasteiger partial charge in [-0.2, -0.15) is 8.42 Å². The summed E-state index contributed by atoms with van der Waals surface area (Å²) in [6, 6.07) is 23.4. The van der Waals surface area contributed by atoms with Crippen LogP contribution in [0, 0.1) is 0 Å². The summed E-state index contributed by atoms with van der Waals surface area (Å²) in [5.41, 5.74) is 4.66. The lowest BCUT2D eigenvalue weighted by molar-refractivity contribution is -0.155. The molecule has 5 rings (SSSR count). The largest absolute Gasteiger partial charge is 0.524 e. The Labute approximate surface area is 314 Å². The van der Waals surface area contributed by atoms with Crippen molar-refractivity contribution in [2.75, 3.05) is 13.7 Å². The highest BCUT2D eigenvalue weighted by molar-refractivity contribution is 7.79. The minimum absolute atomic E-state index is 0.00367. The molecule has 0 saturated carbocycles. The van der Waals surface area contributed by atoms with E-state index in [0.29, 0.717) is 24.9 Å². The average molecular weight is 816 g/mol. The molecule has 0 spiro atoms. The number of benzene rings is 3. The fraction of sp³-hybridized carbons (Fsp3) is 0.400. The number of hydrogen-bond donors (Lipinski definition) is 7. The van der Waals surface area contributed by atoms with Gasteiger partial charge in [0, 0.05) is 12.1 Å². The zero-order chi connectivity index (χ0) is 40.3. The second-order valence-electron chi connectivity index (χ2n) is 12.6. The maximum atomic E-state index is 12.4. The number of esters is 1. The number of ether oxygens (including phenoxy) is 1. The van der Waals surface area contributed by atoms with Crippen LogP contribution in [0.15, 0.2) is 78.9 Å². The van der Waals surface area contributed by atoms with Gasteiger partial charge in [0.05, 0.1) is 6.61 Å². The van der Waals surface area contributed by atoms with Gasteiger partial charge in [-0.05, 0) is 97.7 Å². The number of rotatable bonds is 12. The number of fused-ring (bicyclic) bond motifs is 2. The first-order valence-electron chi connectivity index (χ1n) is 16.9. The Hall–Kier alpha value is -3.44. The van der Waals surface area contributed by atoms with Gasteiger partial charge >= 0.3 is 32.0 Å².